The van der Waals surface area contributed by atoms with Gasteiger partial charge in [-0.2, -0.15) is 0 Å². The summed E-state index contributed by atoms with van der Waals surface area (Å²) in [7, 11) is 0. The molecule has 0 saturated heterocycles. The number of aromatic nitrogens is 2. The number of amides is 1. The number of nitrogens with zero attached hydrogens (tertiary/aromatic N) is 3. The van der Waals surface area contributed by atoms with E-state index in [0.717, 1.165) is 0 Å². The Labute approximate surface area is 177 Å². The zero-order chi connectivity index (χ0) is 22.0. The Balaban J connectivity index is 1.98. The molecule has 0 saturated carbocycles. The smallest absolute Gasteiger partial charge is 0.247 e. The van der Waals surface area contributed by atoms with E-state index in [1.54, 1.807) is 54.9 Å². The summed E-state index contributed by atoms with van der Waals surface area (Å²) < 4.78 is 19.6. The zero-order valence-electron chi connectivity index (χ0n) is 16.6. The van der Waals surface area contributed by atoms with Gasteiger partial charge in [-0.15, -0.1) is 0 Å². The number of hydrogen-bond acceptors (Lipinski definition) is 6. The van der Waals surface area contributed by atoms with Gasteiger partial charge in [0.1, 0.15) is 17.3 Å². The summed E-state index contributed by atoms with van der Waals surface area (Å²) in [4.78, 5) is 17.9. The molecule has 0 unspecified atom stereocenters. The third-order valence-electron chi connectivity index (χ3n) is 4.82. The number of halogens is 1. The van der Waals surface area contributed by atoms with Crippen LogP contribution < -0.4 is 10.6 Å². The third kappa shape index (κ3) is 3.76. The largest absolute Gasteiger partial charge is 0.506 e. The van der Waals surface area contributed by atoms with Crippen LogP contribution in [0.4, 0.5) is 16.0 Å². The second-order valence-corrected chi connectivity index (χ2v) is 6.80. The normalized spacial score (nSPS) is 10.8. The fourth-order valence-electron chi connectivity index (χ4n) is 3.36. The minimum absolute atomic E-state index is 0.0203. The summed E-state index contributed by atoms with van der Waals surface area (Å²) in [5.41, 5.74) is 8.38. The number of anilines is 2. The van der Waals surface area contributed by atoms with Crippen LogP contribution in [0.5, 0.6) is 5.75 Å². The minimum Gasteiger partial charge on any atom is -0.506 e. The Morgan fingerprint density at radius 1 is 1.13 bits per heavy atom. The van der Waals surface area contributed by atoms with Crippen molar-refractivity contribution in [2.24, 2.45) is 5.73 Å². The van der Waals surface area contributed by atoms with Gasteiger partial charge in [0.15, 0.2) is 0 Å². The number of rotatable bonds is 5. The Hall–Kier alpha value is -4.04. The molecule has 0 aliphatic carbocycles. The first-order chi connectivity index (χ1) is 15.0. The lowest BCUT2D eigenvalue weighted by molar-refractivity contribution is -0.116. The molecule has 1 amide bonds. The fraction of sp³-hybridized carbons (Fsp3) is 0.0870. The van der Waals surface area contributed by atoms with Crippen molar-refractivity contribution in [1.29, 1.82) is 0 Å². The molecule has 0 radical (unpaired) electrons. The zero-order valence-corrected chi connectivity index (χ0v) is 16.6. The van der Waals surface area contributed by atoms with Crippen molar-refractivity contribution in [2.45, 2.75) is 13.5 Å². The standard InChI is InChI=1S/C23H19FN4O3/c1-14(29)28(19-4-2-3-5-20(19)30)23-21(15-8-10-26-11-9-15)22(27-31-23)16-6-7-18(24)17(12-16)13-25/h2-12,30H,13,25H2,1H3. The molecule has 0 fully saturated rings. The number of hydrogen-bond donors (Lipinski definition) is 2. The van der Waals surface area contributed by atoms with Crippen LogP contribution in [-0.2, 0) is 11.3 Å². The van der Waals surface area contributed by atoms with Gasteiger partial charge in [-0.3, -0.25) is 9.78 Å². The second kappa shape index (κ2) is 8.37. The molecule has 0 aliphatic rings. The quantitative estimate of drug-likeness (QED) is 0.498. The average Bonchev–Trinajstić information content (AvgIpc) is 3.20. The number of aromatic hydroxyl groups is 1. The molecule has 4 aromatic rings. The van der Waals surface area contributed by atoms with Crippen LogP contribution in [0.3, 0.4) is 0 Å². The maximum Gasteiger partial charge on any atom is 0.247 e. The van der Waals surface area contributed by atoms with Crippen LogP contribution in [0.1, 0.15) is 12.5 Å². The Morgan fingerprint density at radius 2 is 1.87 bits per heavy atom. The van der Waals surface area contributed by atoms with E-state index >= 15 is 0 Å². The molecule has 4 rings (SSSR count). The lowest BCUT2D eigenvalue weighted by atomic mass is 9.99. The predicted octanol–water partition coefficient (Wildman–Crippen LogP) is 4.39. The molecule has 2 aromatic heterocycles. The van der Waals surface area contributed by atoms with Gasteiger partial charge in [0.25, 0.3) is 0 Å². The van der Waals surface area contributed by atoms with Crippen molar-refractivity contribution in [2.75, 3.05) is 4.90 Å². The van der Waals surface area contributed by atoms with Crippen molar-refractivity contribution in [1.82, 2.24) is 10.1 Å². The molecule has 0 bridgehead atoms. The average molecular weight is 418 g/mol. The summed E-state index contributed by atoms with van der Waals surface area (Å²) in [5.74, 6) is -0.779. The molecule has 2 heterocycles. The lowest BCUT2D eigenvalue weighted by Gasteiger charge is -2.20. The highest BCUT2D eigenvalue weighted by atomic mass is 19.1. The highest BCUT2D eigenvalue weighted by molar-refractivity contribution is 6.04. The summed E-state index contributed by atoms with van der Waals surface area (Å²) >= 11 is 0. The van der Waals surface area contributed by atoms with Crippen LogP contribution in [0, 0.1) is 5.82 Å². The van der Waals surface area contributed by atoms with E-state index in [-0.39, 0.29) is 29.8 Å². The van der Waals surface area contributed by atoms with Crippen LogP contribution >= 0.6 is 0 Å². The summed E-state index contributed by atoms with van der Waals surface area (Å²) in [6.07, 6.45) is 3.20. The molecule has 31 heavy (non-hydrogen) atoms. The van der Waals surface area contributed by atoms with Crippen LogP contribution in [0.25, 0.3) is 22.4 Å². The van der Waals surface area contributed by atoms with E-state index in [0.29, 0.717) is 27.9 Å². The van der Waals surface area contributed by atoms with E-state index in [9.17, 15) is 14.3 Å². The van der Waals surface area contributed by atoms with Crippen molar-refractivity contribution in [3.63, 3.8) is 0 Å². The molecule has 8 heteroatoms. The van der Waals surface area contributed by atoms with Gasteiger partial charge in [-0.1, -0.05) is 17.3 Å². The van der Waals surface area contributed by atoms with Gasteiger partial charge in [-0.05, 0) is 48.0 Å². The first-order valence-electron chi connectivity index (χ1n) is 9.49. The number of nitrogens with two attached hydrogens (primary N) is 1. The summed E-state index contributed by atoms with van der Waals surface area (Å²) in [5, 5.41) is 14.5. The molecule has 156 valence electrons. The van der Waals surface area contributed by atoms with Crippen LogP contribution in [0.15, 0.2) is 71.5 Å². The van der Waals surface area contributed by atoms with Crippen molar-refractivity contribution in [3.8, 4) is 28.1 Å². The van der Waals surface area contributed by atoms with Crippen molar-refractivity contribution >= 4 is 17.5 Å². The van der Waals surface area contributed by atoms with Gasteiger partial charge >= 0.3 is 0 Å². The lowest BCUT2D eigenvalue weighted by Crippen LogP contribution is -2.23. The topological polar surface area (TPSA) is 105 Å². The molecule has 0 aliphatic heterocycles. The van der Waals surface area contributed by atoms with Gasteiger partial charge in [0.05, 0.1) is 11.3 Å². The minimum atomic E-state index is -0.417. The number of carbonyl (C=O) groups excluding carboxylic acids is 1. The third-order valence-corrected chi connectivity index (χ3v) is 4.82. The van der Waals surface area contributed by atoms with Crippen molar-refractivity contribution < 1.29 is 18.8 Å². The Kier molecular flexibility index (Phi) is 5.46. The van der Waals surface area contributed by atoms with E-state index in [2.05, 4.69) is 10.1 Å². The summed E-state index contributed by atoms with van der Waals surface area (Å²) in [6.45, 7) is 1.38. The SMILES string of the molecule is CC(=O)N(c1ccccc1O)c1onc(-c2ccc(F)c(CN)c2)c1-c1ccncc1. The van der Waals surface area contributed by atoms with Crippen molar-refractivity contribution in [3.05, 3.63) is 78.4 Å². The monoisotopic (exact) mass is 418 g/mol. The molecular weight excluding hydrogens is 399 g/mol. The van der Waals surface area contributed by atoms with Crippen LogP contribution in [-0.4, -0.2) is 21.2 Å². The van der Waals surface area contributed by atoms with Crippen LogP contribution in [0.2, 0.25) is 0 Å². The second-order valence-electron chi connectivity index (χ2n) is 6.80. The molecule has 7 nitrogen and oxygen atoms in total. The Morgan fingerprint density at radius 3 is 2.55 bits per heavy atom. The molecule has 2 aromatic carbocycles. The predicted molar refractivity (Wildman–Crippen MR) is 114 cm³/mol. The number of phenolic OH excluding ortho intramolecular Hbond substituents is 1. The first-order valence-corrected chi connectivity index (χ1v) is 9.49. The maximum atomic E-state index is 14.0. The van der Waals surface area contributed by atoms with Gasteiger partial charge in [0.2, 0.25) is 11.8 Å². The van der Waals surface area contributed by atoms with Gasteiger partial charge < -0.3 is 15.4 Å². The summed E-state index contributed by atoms with van der Waals surface area (Å²) in [6, 6.07) is 14.4. The molecule has 0 spiro atoms. The number of carbonyl (C=O) groups is 1. The van der Waals surface area contributed by atoms with E-state index in [4.69, 9.17) is 10.3 Å². The molecule has 0 atom stereocenters. The highest BCUT2D eigenvalue weighted by Crippen LogP contribution is 2.44. The van der Waals surface area contributed by atoms with E-state index < -0.39 is 5.82 Å². The molecular formula is C23H19FN4O3. The van der Waals surface area contributed by atoms with Gasteiger partial charge in [-0.25, -0.2) is 9.29 Å². The first kappa shape index (κ1) is 20.2. The van der Waals surface area contributed by atoms with E-state index in [1.165, 1.54) is 24.0 Å². The number of para-hydroxylation sites is 2. The number of phenols is 1. The molecule has 3 N–H and O–H groups in total. The fourth-order valence-corrected chi connectivity index (χ4v) is 3.36. The Bertz CT molecular complexity index is 1240. The number of pyridine rings is 1. The van der Waals surface area contributed by atoms with Gasteiger partial charge in [0, 0.05) is 37.0 Å². The maximum absolute atomic E-state index is 14.0. The number of benzene rings is 2. The highest BCUT2D eigenvalue weighted by Gasteiger charge is 2.29. The van der Waals surface area contributed by atoms with E-state index in [1.807, 2.05) is 0 Å².